The van der Waals surface area contributed by atoms with Crippen LogP contribution in [0.1, 0.15) is 18.1 Å². The fraction of sp³-hybridized carbons (Fsp3) is 0.269. The molecule has 2 aromatic carbocycles. The molecule has 10 nitrogen and oxygen atoms in total. The lowest BCUT2D eigenvalue weighted by Gasteiger charge is -2.24. The minimum Gasteiger partial charge on any atom is -0.480 e. The molecule has 188 valence electrons. The number of fused-ring (bicyclic) bond motifs is 2. The molecule has 2 amide bonds. The Balaban J connectivity index is 1.42. The van der Waals surface area contributed by atoms with Crippen molar-refractivity contribution in [3.8, 4) is 0 Å². The van der Waals surface area contributed by atoms with E-state index in [1.807, 2.05) is 48.5 Å². The maximum Gasteiger partial charge on any atom is 0.326 e. The van der Waals surface area contributed by atoms with E-state index < -0.39 is 42.0 Å². The Morgan fingerprint density at radius 3 is 1.92 bits per heavy atom. The third kappa shape index (κ3) is 5.40. The number of aromatic nitrogens is 2. The second kappa shape index (κ2) is 10.6. The highest BCUT2D eigenvalue weighted by Gasteiger charge is 2.31. The van der Waals surface area contributed by atoms with Gasteiger partial charge in [0.15, 0.2) is 0 Å². The Morgan fingerprint density at radius 2 is 1.39 bits per heavy atom. The van der Waals surface area contributed by atoms with Crippen molar-refractivity contribution < 1.29 is 24.6 Å². The molecule has 0 radical (unpaired) electrons. The lowest BCUT2D eigenvalue weighted by atomic mass is 10.0. The van der Waals surface area contributed by atoms with E-state index in [9.17, 15) is 24.6 Å². The fourth-order valence-corrected chi connectivity index (χ4v) is 4.28. The van der Waals surface area contributed by atoms with Gasteiger partial charge in [-0.1, -0.05) is 36.4 Å². The van der Waals surface area contributed by atoms with E-state index in [0.29, 0.717) is 0 Å². The summed E-state index contributed by atoms with van der Waals surface area (Å²) in [5, 5.41) is 26.6. The average molecular weight is 492 g/mol. The zero-order valence-corrected chi connectivity index (χ0v) is 19.7. The smallest absolute Gasteiger partial charge is 0.326 e. The zero-order chi connectivity index (χ0) is 25.8. The number of carboxylic acid groups (broad SMARTS) is 1. The van der Waals surface area contributed by atoms with Crippen molar-refractivity contribution in [2.75, 3.05) is 0 Å². The molecule has 4 rings (SSSR count). The van der Waals surface area contributed by atoms with E-state index in [0.717, 1.165) is 32.9 Å². The predicted octanol–water partition coefficient (Wildman–Crippen LogP) is 1.20. The molecule has 10 heteroatoms. The van der Waals surface area contributed by atoms with E-state index in [1.54, 1.807) is 12.4 Å². The highest BCUT2D eigenvalue weighted by molar-refractivity contribution is 5.93. The number of amides is 2. The number of aromatic amines is 2. The summed E-state index contributed by atoms with van der Waals surface area (Å²) in [5.74, 6) is -2.69. The van der Waals surface area contributed by atoms with E-state index in [4.69, 9.17) is 5.73 Å². The molecule has 0 aliphatic rings. The van der Waals surface area contributed by atoms with Crippen LogP contribution in [0.25, 0.3) is 21.8 Å². The van der Waals surface area contributed by atoms with Crippen molar-refractivity contribution in [3.63, 3.8) is 0 Å². The highest BCUT2D eigenvalue weighted by Crippen LogP contribution is 2.20. The number of H-pyrrole nitrogens is 2. The molecule has 4 aromatic rings. The van der Waals surface area contributed by atoms with E-state index in [1.165, 1.54) is 6.92 Å². The Hall–Kier alpha value is -4.15. The Kier molecular flexibility index (Phi) is 7.37. The van der Waals surface area contributed by atoms with Crippen LogP contribution in [0.3, 0.4) is 0 Å². The van der Waals surface area contributed by atoms with Crippen molar-refractivity contribution in [2.45, 2.75) is 44.0 Å². The molecule has 4 unspecified atom stereocenters. The summed E-state index contributed by atoms with van der Waals surface area (Å²) in [6.45, 7) is 1.34. The lowest BCUT2D eigenvalue weighted by molar-refractivity contribution is -0.142. The van der Waals surface area contributed by atoms with Gasteiger partial charge in [0.2, 0.25) is 11.8 Å². The van der Waals surface area contributed by atoms with Crippen LogP contribution in [0.5, 0.6) is 0 Å². The topological polar surface area (TPSA) is 173 Å². The molecule has 0 fully saturated rings. The van der Waals surface area contributed by atoms with Gasteiger partial charge in [0.1, 0.15) is 12.1 Å². The average Bonchev–Trinajstić information content (AvgIpc) is 3.46. The molecule has 0 aliphatic heterocycles. The fourth-order valence-electron chi connectivity index (χ4n) is 4.28. The monoisotopic (exact) mass is 491 g/mol. The SMILES string of the molecule is CC(O)C(NC(=O)C(N)Cc1c[nH]c2ccccc12)C(=O)NC(Cc1c[nH]c2ccccc12)C(=O)O. The highest BCUT2D eigenvalue weighted by atomic mass is 16.4. The van der Waals surface area contributed by atoms with Crippen LogP contribution in [0.2, 0.25) is 0 Å². The molecule has 0 saturated carbocycles. The van der Waals surface area contributed by atoms with Crippen LogP contribution < -0.4 is 16.4 Å². The van der Waals surface area contributed by atoms with Gasteiger partial charge in [0, 0.05) is 40.6 Å². The third-order valence-corrected chi connectivity index (χ3v) is 6.23. The molecular weight excluding hydrogens is 462 g/mol. The molecule has 0 bridgehead atoms. The number of aliphatic carboxylic acids is 1. The van der Waals surface area contributed by atoms with Crippen molar-refractivity contribution in [1.29, 1.82) is 0 Å². The van der Waals surface area contributed by atoms with Gasteiger partial charge in [0.05, 0.1) is 12.1 Å². The Morgan fingerprint density at radius 1 is 0.861 bits per heavy atom. The van der Waals surface area contributed by atoms with Crippen molar-refractivity contribution >= 4 is 39.6 Å². The summed E-state index contributed by atoms with van der Waals surface area (Å²) in [6, 6.07) is 11.4. The van der Waals surface area contributed by atoms with Crippen molar-refractivity contribution in [3.05, 3.63) is 72.1 Å². The van der Waals surface area contributed by atoms with Crippen LogP contribution in [-0.2, 0) is 27.2 Å². The van der Waals surface area contributed by atoms with Gasteiger partial charge in [-0.05, 0) is 36.6 Å². The van der Waals surface area contributed by atoms with Gasteiger partial charge >= 0.3 is 5.97 Å². The second-order valence-corrected chi connectivity index (χ2v) is 8.86. The van der Waals surface area contributed by atoms with Gasteiger partial charge < -0.3 is 36.5 Å². The molecule has 8 N–H and O–H groups in total. The first-order valence-electron chi connectivity index (χ1n) is 11.6. The van der Waals surface area contributed by atoms with Crippen LogP contribution >= 0.6 is 0 Å². The first kappa shape index (κ1) is 25.0. The number of nitrogens with two attached hydrogens (primary N) is 1. The first-order chi connectivity index (χ1) is 17.2. The standard InChI is InChI=1S/C26H29N5O5/c1-14(32)23(31-24(33)19(27)10-15-12-28-20-8-4-2-6-17(15)20)25(34)30-22(26(35)36)11-16-13-29-21-9-5-3-7-18(16)21/h2-9,12-14,19,22-23,28-29,32H,10-11,27H2,1H3,(H,30,34)(H,31,33)(H,35,36). The van der Waals surface area contributed by atoms with E-state index >= 15 is 0 Å². The predicted molar refractivity (Wildman–Crippen MR) is 135 cm³/mol. The normalized spacial score (nSPS) is 14.8. The number of aliphatic hydroxyl groups is 1. The first-order valence-corrected chi connectivity index (χ1v) is 11.6. The molecule has 2 heterocycles. The van der Waals surface area contributed by atoms with Crippen LogP contribution in [0.15, 0.2) is 60.9 Å². The molecule has 0 spiro atoms. The second-order valence-electron chi connectivity index (χ2n) is 8.86. The van der Waals surface area contributed by atoms with Crippen LogP contribution in [-0.4, -0.2) is 62.2 Å². The van der Waals surface area contributed by atoms with Crippen molar-refractivity contribution in [1.82, 2.24) is 20.6 Å². The molecule has 0 aliphatic carbocycles. The molecule has 36 heavy (non-hydrogen) atoms. The van der Waals surface area contributed by atoms with Crippen molar-refractivity contribution in [2.24, 2.45) is 5.73 Å². The van der Waals surface area contributed by atoms with Crippen LogP contribution in [0.4, 0.5) is 0 Å². The maximum absolute atomic E-state index is 12.9. The number of carbonyl (C=O) groups excluding carboxylic acids is 2. The van der Waals surface area contributed by atoms with E-state index in [-0.39, 0.29) is 12.8 Å². The van der Waals surface area contributed by atoms with Gasteiger partial charge in [-0.3, -0.25) is 9.59 Å². The number of rotatable bonds is 10. The van der Waals surface area contributed by atoms with Gasteiger partial charge in [-0.15, -0.1) is 0 Å². The molecule has 4 atom stereocenters. The number of carbonyl (C=O) groups is 3. The molecule has 2 aromatic heterocycles. The number of aliphatic hydroxyl groups excluding tert-OH is 1. The molecule has 0 saturated heterocycles. The largest absolute Gasteiger partial charge is 0.480 e. The van der Waals surface area contributed by atoms with Gasteiger partial charge in [0.25, 0.3) is 0 Å². The number of carboxylic acids is 1. The maximum atomic E-state index is 12.9. The van der Waals surface area contributed by atoms with Gasteiger partial charge in [-0.2, -0.15) is 0 Å². The summed E-state index contributed by atoms with van der Waals surface area (Å²) < 4.78 is 0. The van der Waals surface area contributed by atoms with Crippen LogP contribution in [0, 0.1) is 0 Å². The summed E-state index contributed by atoms with van der Waals surface area (Å²) >= 11 is 0. The molecular formula is C26H29N5O5. The van der Waals surface area contributed by atoms with E-state index in [2.05, 4.69) is 20.6 Å². The summed E-state index contributed by atoms with van der Waals surface area (Å²) in [4.78, 5) is 43.8. The van der Waals surface area contributed by atoms with Gasteiger partial charge in [-0.25, -0.2) is 4.79 Å². The lowest BCUT2D eigenvalue weighted by Crippen LogP contribution is -2.58. The third-order valence-electron chi connectivity index (χ3n) is 6.23. The number of benzene rings is 2. The summed E-state index contributed by atoms with van der Waals surface area (Å²) in [7, 11) is 0. The summed E-state index contributed by atoms with van der Waals surface area (Å²) in [5.41, 5.74) is 9.43. The quantitative estimate of drug-likeness (QED) is 0.175. The number of para-hydroxylation sites is 2. The Bertz CT molecular complexity index is 1390. The summed E-state index contributed by atoms with van der Waals surface area (Å²) in [6.07, 6.45) is 2.42. The number of nitrogens with one attached hydrogen (secondary N) is 4. The number of hydrogen-bond donors (Lipinski definition) is 7. The Labute approximate surface area is 206 Å². The number of hydrogen-bond acceptors (Lipinski definition) is 5. The minimum absolute atomic E-state index is 0.0195. The minimum atomic E-state index is -1.38. The zero-order valence-electron chi connectivity index (χ0n) is 19.7.